The van der Waals surface area contributed by atoms with E-state index in [1.165, 1.54) is 43.5 Å². The Morgan fingerprint density at radius 2 is 2.04 bits per heavy atom. The van der Waals surface area contributed by atoms with Crippen molar-refractivity contribution in [2.24, 2.45) is 7.05 Å². The van der Waals surface area contributed by atoms with Crippen molar-refractivity contribution in [2.75, 3.05) is 13.1 Å². The summed E-state index contributed by atoms with van der Waals surface area (Å²) in [7, 11) is 2.09. The number of nitrogens with zero attached hydrogens (tertiary/aromatic N) is 4. The number of benzene rings is 1. The van der Waals surface area contributed by atoms with E-state index in [1.54, 1.807) is 0 Å². The van der Waals surface area contributed by atoms with E-state index in [4.69, 9.17) is 4.98 Å². The molecule has 0 bridgehead atoms. The normalized spacial score (nSPS) is 21.9. The Morgan fingerprint density at radius 1 is 1.16 bits per heavy atom. The van der Waals surface area contributed by atoms with Crippen molar-refractivity contribution in [3.8, 4) is 0 Å². The van der Waals surface area contributed by atoms with Gasteiger partial charge >= 0.3 is 0 Å². The maximum Gasteiger partial charge on any atom is 0.111 e. The molecule has 1 aliphatic carbocycles. The van der Waals surface area contributed by atoms with Gasteiger partial charge in [-0.3, -0.25) is 9.58 Å². The molecule has 1 aromatic carbocycles. The number of para-hydroxylation sites is 2. The van der Waals surface area contributed by atoms with Crippen LogP contribution in [0, 0.1) is 0 Å². The molecule has 3 heterocycles. The molecule has 5 heteroatoms. The molecule has 2 aliphatic rings. The largest absolute Gasteiger partial charge is 0.342 e. The van der Waals surface area contributed by atoms with Gasteiger partial charge in [0.25, 0.3) is 0 Å². The van der Waals surface area contributed by atoms with Crippen LogP contribution in [0.15, 0.2) is 30.5 Å². The van der Waals surface area contributed by atoms with Gasteiger partial charge in [0.05, 0.1) is 17.2 Å². The molecule has 1 atom stereocenters. The quantitative estimate of drug-likeness (QED) is 0.793. The molecule has 0 spiro atoms. The van der Waals surface area contributed by atoms with Crippen LogP contribution in [0.4, 0.5) is 0 Å². The third-order valence-electron chi connectivity index (χ3n) is 5.72. The molecular weight excluding hydrogens is 310 g/mol. The van der Waals surface area contributed by atoms with Crippen molar-refractivity contribution < 1.29 is 0 Å². The minimum atomic E-state index is 0.502. The van der Waals surface area contributed by atoms with Gasteiger partial charge in [0.1, 0.15) is 5.82 Å². The molecule has 1 saturated carbocycles. The summed E-state index contributed by atoms with van der Waals surface area (Å²) in [5.74, 6) is 2.40. The first kappa shape index (κ1) is 15.1. The van der Waals surface area contributed by atoms with Gasteiger partial charge in [-0.05, 0) is 44.4 Å². The summed E-state index contributed by atoms with van der Waals surface area (Å²) in [4.78, 5) is 11.0. The predicted molar refractivity (Wildman–Crippen MR) is 98.5 cm³/mol. The number of hydrogen-bond donors (Lipinski definition) is 1. The third-order valence-corrected chi connectivity index (χ3v) is 5.72. The lowest BCUT2D eigenvalue weighted by Crippen LogP contribution is -2.34. The van der Waals surface area contributed by atoms with E-state index in [2.05, 4.69) is 57.2 Å². The second-order valence-electron chi connectivity index (χ2n) is 7.67. The van der Waals surface area contributed by atoms with Crippen LogP contribution in [0.3, 0.4) is 0 Å². The Bertz CT molecular complexity index is 856. The highest BCUT2D eigenvalue weighted by Crippen LogP contribution is 2.41. The van der Waals surface area contributed by atoms with E-state index in [0.717, 1.165) is 35.9 Å². The molecule has 3 aromatic rings. The number of rotatable bonds is 4. The van der Waals surface area contributed by atoms with E-state index in [0.29, 0.717) is 5.92 Å². The average Bonchev–Trinajstić information content (AvgIpc) is 3.26. The van der Waals surface area contributed by atoms with Crippen molar-refractivity contribution in [3.63, 3.8) is 0 Å². The first-order valence-electron chi connectivity index (χ1n) is 9.45. The van der Waals surface area contributed by atoms with Gasteiger partial charge in [0, 0.05) is 43.2 Å². The zero-order valence-electron chi connectivity index (χ0n) is 14.8. The van der Waals surface area contributed by atoms with Crippen LogP contribution in [-0.2, 0) is 13.6 Å². The summed E-state index contributed by atoms with van der Waals surface area (Å²) in [6.07, 6.45) is 7.19. The fourth-order valence-electron chi connectivity index (χ4n) is 4.33. The standard InChI is InChI=1S/C20H25N5/c1-24-19(14-8-9-14)16(11-21-24)13-25-10-4-5-15(12-25)20-22-17-6-2-3-7-18(17)23-20/h2-3,6-7,11,14-15H,4-5,8-10,12-13H2,1H3,(H,22,23)/t15-/m0/s1. The maximum absolute atomic E-state index is 4.84. The Kier molecular flexibility index (Phi) is 3.63. The second kappa shape index (κ2) is 5.99. The van der Waals surface area contributed by atoms with Gasteiger partial charge in [0.15, 0.2) is 0 Å². The molecule has 0 radical (unpaired) electrons. The number of imidazole rings is 1. The Hall–Kier alpha value is -2.14. The van der Waals surface area contributed by atoms with E-state index in [1.807, 2.05) is 0 Å². The number of fused-ring (bicyclic) bond motifs is 1. The lowest BCUT2D eigenvalue weighted by molar-refractivity contribution is 0.196. The monoisotopic (exact) mass is 335 g/mol. The zero-order chi connectivity index (χ0) is 16.8. The molecule has 0 unspecified atom stereocenters. The summed E-state index contributed by atoms with van der Waals surface area (Å²) in [6, 6.07) is 8.33. The Balaban J connectivity index is 1.34. The van der Waals surface area contributed by atoms with Crippen molar-refractivity contribution >= 4 is 11.0 Å². The zero-order valence-corrected chi connectivity index (χ0v) is 14.8. The minimum Gasteiger partial charge on any atom is -0.342 e. The molecule has 1 N–H and O–H groups in total. The first-order chi connectivity index (χ1) is 12.3. The lowest BCUT2D eigenvalue weighted by Gasteiger charge is -2.31. The van der Waals surface area contributed by atoms with Gasteiger partial charge in [0.2, 0.25) is 0 Å². The second-order valence-corrected chi connectivity index (χ2v) is 7.67. The van der Waals surface area contributed by atoms with Crippen LogP contribution in [-0.4, -0.2) is 37.7 Å². The van der Waals surface area contributed by atoms with Crippen LogP contribution in [0.2, 0.25) is 0 Å². The third kappa shape index (κ3) is 2.86. The number of likely N-dealkylation sites (tertiary alicyclic amines) is 1. The van der Waals surface area contributed by atoms with Gasteiger partial charge in [-0.15, -0.1) is 0 Å². The van der Waals surface area contributed by atoms with Crippen molar-refractivity contribution in [2.45, 2.75) is 44.1 Å². The number of piperidine rings is 1. The van der Waals surface area contributed by atoms with Crippen LogP contribution in [0.5, 0.6) is 0 Å². The van der Waals surface area contributed by atoms with Gasteiger partial charge < -0.3 is 4.98 Å². The topological polar surface area (TPSA) is 49.7 Å². The first-order valence-corrected chi connectivity index (χ1v) is 9.45. The number of H-pyrrole nitrogens is 1. The molecule has 2 fully saturated rings. The minimum absolute atomic E-state index is 0.502. The number of hydrogen-bond acceptors (Lipinski definition) is 3. The van der Waals surface area contributed by atoms with Gasteiger partial charge in [-0.2, -0.15) is 5.10 Å². The fourth-order valence-corrected chi connectivity index (χ4v) is 4.33. The summed E-state index contributed by atoms with van der Waals surface area (Å²) in [6.45, 7) is 3.28. The van der Waals surface area contributed by atoms with Crippen LogP contribution >= 0.6 is 0 Å². The summed E-state index contributed by atoms with van der Waals surface area (Å²) in [5, 5.41) is 4.52. The van der Waals surface area contributed by atoms with Crippen molar-refractivity contribution in [1.82, 2.24) is 24.6 Å². The molecule has 5 nitrogen and oxygen atoms in total. The SMILES string of the molecule is Cn1ncc(CN2CCC[C@H](c3nc4ccccc4[nH]3)C2)c1C1CC1. The summed E-state index contributed by atoms with van der Waals surface area (Å²) >= 11 is 0. The molecule has 1 saturated heterocycles. The van der Waals surface area contributed by atoms with Crippen LogP contribution in [0.25, 0.3) is 11.0 Å². The van der Waals surface area contributed by atoms with Crippen molar-refractivity contribution in [3.05, 3.63) is 47.5 Å². The molecule has 25 heavy (non-hydrogen) atoms. The highest BCUT2D eigenvalue weighted by molar-refractivity contribution is 5.74. The average molecular weight is 335 g/mol. The summed E-state index contributed by atoms with van der Waals surface area (Å²) in [5.41, 5.74) is 5.12. The van der Waals surface area contributed by atoms with Gasteiger partial charge in [-0.1, -0.05) is 12.1 Å². The van der Waals surface area contributed by atoms with Crippen molar-refractivity contribution in [1.29, 1.82) is 0 Å². The number of aromatic amines is 1. The summed E-state index contributed by atoms with van der Waals surface area (Å²) < 4.78 is 2.09. The number of nitrogens with one attached hydrogen (secondary N) is 1. The number of aromatic nitrogens is 4. The molecule has 5 rings (SSSR count). The van der Waals surface area contributed by atoms with E-state index < -0.39 is 0 Å². The van der Waals surface area contributed by atoms with Crippen LogP contribution in [0.1, 0.15) is 54.6 Å². The number of aryl methyl sites for hydroxylation is 1. The Morgan fingerprint density at radius 3 is 2.88 bits per heavy atom. The smallest absolute Gasteiger partial charge is 0.111 e. The molecule has 130 valence electrons. The predicted octanol–water partition coefficient (Wildman–Crippen LogP) is 3.55. The lowest BCUT2D eigenvalue weighted by atomic mass is 9.97. The van der Waals surface area contributed by atoms with E-state index >= 15 is 0 Å². The van der Waals surface area contributed by atoms with E-state index in [-0.39, 0.29) is 0 Å². The molecular formula is C20H25N5. The highest BCUT2D eigenvalue weighted by atomic mass is 15.3. The molecule has 2 aromatic heterocycles. The Labute approximate surface area is 148 Å². The van der Waals surface area contributed by atoms with Gasteiger partial charge in [-0.25, -0.2) is 4.98 Å². The van der Waals surface area contributed by atoms with Crippen LogP contribution < -0.4 is 0 Å². The maximum atomic E-state index is 4.84. The van der Waals surface area contributed by atoms with E-state index in [9.17, 15) is 0 Å². The molecule has 0 amide bonds. The molecule has 1 aliphatic heterocycles. The fraction of sp³-hybridized carbons (Fsp3) is 0.500. The highest BCUT2D eigenvalue weighted by Gasteiger charge is 2.31.